The average molecular weight is 194 g/mol. The topological polar surface area (TPSA) is 12.0 Å². The van der Waals surface area contributed by atoms with Crippen LogP contribution in [0.25, 0.3) is 0 Å². The fraction of sp³-hybridized carbons (Fsp3) is 0.923. The lowest BCUT2D eigenvalue weighted by Crippen LogP contribution is -2.42. The number of hydrogen-bond acceptors (Lipinski definition) is 1. The minimum absolute atomic E-state index is 0.617. The Morgan fingerprint density at radius 2 is 1.71 bits per heavy atom. The van der Waals surface area contributed by atoms with Crippen molar-refractivity contribution >= 4 is 0 Å². The summed E-state index contributed by atoms with van der Waals surface area (Å²) in [5.41, 5.74) is 0.617. The van der Waals surface area contributed by atoms with Gasteiger partial charge < -0.3 is 5.32 Å². The third-order valence-corrected chi connectivity index (χ3v) is 4.57. The van der Waals surface area contributed by atoms with E-state index in [1.807, 2.05) is 0 Å². The van der Waals surface area contributed by atoms with E-state index < -0.39 is 0 Å². The third kappa shape index (κ3) is 1.98. The first-order valence-electron chi connectivity index (χ1n) is 6.37. The van der Waals surface area contributed by atoms with E-state index >= 15 is 0 Å². The van der Waals surface area contributed by atoms with E-state index in [2.05, 4.69) is 12.2 Å². The second-order valence-corrected chi connectivity index (χ2v) is 5.20. The number of rotatable bonds is 2. The Morgan fingerprint density at radius 3 is 2.29 bits per heavy atom. The van der Waals surface area contributed by atoms with E-state index in [1.165, 1.54) is 64.5 Å². The van der Waals surface area contributed by atoms with Gasteiger partial charge in [0.05, 0.1) is 0 Å². The summed E-state index contributed by atoms with van der Waals surface area (Å²) >= 11 is 0. The van der Waals surface area contributed by atoms with Crippen molar-refractivity contribution in [2.75, 3.05) is 13.1 Å². The molecule has 0 amide bonds. The maximum atomic E-state index is 4.23. The number of hydrogen-bond donors (Lipinski definition) is 1. The van der Waals surface area contributed by atoms with Gasteiger partial charge >= 0.3 is 0 Å². The molecule has 0 aromatic carbocycles. The molecule has 14 heavy (non-hydrogen) atoms. The van der Waals surface area contributed by atoms with E-state index in [4.69, 9.17) is 0 Å². The summed E-state index contributed by atoms with van der Waals surface area (Å²) in [5.74, 6) is 0.996. The molecule has 1 heterocycles. The van der Waals surface area contributed by atoms with Gasteiger partial charge in [0.2, 0.25) is 0 Å². The Morgan fingerprint density at radius 1 is 1.07 bits per heavy atom. The molecule has 2 rings (SSSR count). The van der Waals surface area contributed by atoms with Gasteiger partial charge in [0.25, 0.3) is 0 Å². The minimum Gasteiger partial charge on any atom is -0.317 e. The van der Waals surface area contributed by atoms with Crippen LogP contribution in [0.4, 0.5) is 0 Å². The Bertz CT molecular complexity index is 164. The van der Waals surface area contributed by atoms with Crippen molar-refractivity contribution < 1.29 is 0 Å². The Balaban J connectivity index is 2.01. The van der Waals surface area contributed by atoms with E-state index in [9.17, 15) is 0 Å². The molecule has 2 aliphatic rings. The summed E-state index contributed by atoms with van der Waals surface area (Å²) in [6, 6.07) is 0. The summed E-state index contributed by atoms with van der Waals surface area (Å²) in [7, 11) is 0. The van der Waals surface area contributed by atoms with Gasteiger partial charge in [0.15, 0.2) is 0 Å². The molecule has 1 heteroatoms. The average Bonchev–Trinajstić information content (AvgIpc) is 2.31. The molecule has 0 aromatic heterocycles. The van der Waals surface area contributed by atoms with E-state index in [0.717, 1.165) is 5.92 Å². The van der Waals surface area contributed by atoms with Crippen LogP contribution in [0.2, 0.25) is 0 Å². The molecule has 0 bridgehead atoms. The quantitative estimate of drug-likeness (QED) is 0.712. The number of nitrogens with one attached hydrogen (secondary N) is 1. The molecule has 0 aromatic rings. The molecule has 2 fully saturated rings. The van der Waals surface area contributed by atoms with Crippen LogP contribution in [0.1, 0.15) is 51.4 Å². The molecular formula is C13H24N. The van der Waals surface area contributed by atoms with Crippen molar-refractivity contribution in [3.05, 3.63) is 6.92 Å². The molecule has 81 valence electrons. The van der Waals surface area contributed by atoms with Crippen LogP contribution >= 0.6 is 0 Å². The number of piperidine rings is 1. The highest BCUT2D eigenvalue weighted by molar-refractivity contribution is 4.92. The maximum Gasteiger partial charge on any atom is -0.00435 e. The van der Waals surface area contributed by atoms with Crippen molar-refractivity contribution in [2.24, 2.45) is 11.3 Å². The summed E-state index contributed by atoms with van der Waals surface area (Å²) in [6.07, 6.45) is 11.3. The van der Waals surface area contributed by atoms with Crippen LogP contribution in [0, 0.1) is 18.3 Å². The molecule has 0 spiro atoms. The lowest BCUT2D eigenvalue weighted by atomic mass is 9.63. The second-order valence-electron chi connectivity index (χ2n) is 5.20. The summed E-state index contributed by atoms with van der Waals surface area (Å²) in [4.78, 5) is 0. The molecule has 1 aliphatic heterocycles. The van der Waals surface area contributed by atoms with Gasteiger partial charge in [-0.05, 0) is 56.5 Å². The van der Waals surface area contributed by atoms with E-state index in [-0.39, 0.29) is 0 Å². The lowest BCUT2D eigenvalue weighted by molar-refractivity contribution is 0.0771. The van der Waals surface area contributed by atoms with Crippen LogP contribution in [0.5, 0.6) is 0 Å². The zero-order valence-electron chi connectivity index (χ0n) is 9.36. The minimum atomic E-state index is 0.617. The van der Waals surface area contributed by atoms with Crippen molar-refractivity contribution in [3.8, 4) is 0 Å². The standard InChI is InChI=1S/C13H24N/c1-2-13(8-10-14-11-9-13)12-6-4-3-5-7-12/h12,14H,1-11H2. The first-order chi connectivity index (χ1) is 6.87. The van der Waals surface area contributed by atoms with Crippen LogP contribution in [0.15, 0.2) is 0 Å². The summed E-state index contributed by atoms with van der Waals surface area (Å²) in [5, 5.41) is 3.49. The molecule has 0 atom stereocenters. The van der Waals surface area contributed by atoms with Gasteiger partial charge in [-0.15, -0.1) is 0 Å². The largest absolute Gasteiger partial charge is 0.317 e. The first-order valence-corrected chi connectivity index (χ1v) is 6.37. The molecular weight excluding hydrogens is 170 g/mol. The zero-order valence-corrected chi connectivity index (χ0v) is 9.36. The summed E-state index contributed by atoms with van der Waals surface area (Å²) in [6.45, 7) is 6.69. The van der Waals surface area contributed by atoms with Crippen LogP contribution in [0.3, 0.4) is 0 Å². The van der Waals surface area contributed by atoms with Crippen molar-refractivity contribution in [3.63, 3.8) is 0 Å². The van der Waals surface area contributed by atoms with Gasteiger partial charge in [-0.1, -0.05) is 26.2 Å². The molecule has 0 unspecified atom stereocenters. The van der Waals surface area contributed by atoms with E-state index in [0.29, 0.717) is 5.41 Å². The van der Waals surface area contributed by atoms with Crippen LogP contribution in [-0.2, 0) is 0 Å². The van der Waals surface area contributed by atoms with Crippen molar-refractivity contribution in [1.82, 2.24) is 5.32 Å². The smallest absolute Gasteiger partial charge is 0.00435 e. The Kier molecular flexibility index (Phi) is 3.48. The molecule has 1 saturated heterocycles. The fourth-order valence-corrected chi connectivity index (χ4v) is 3.50. The van der Waals surface area contributed by atoms with Gasteiger partial charge in [-0.3, -0.25) is 0 Å². The second kappa shape index (κ2) is 4.65. The van der Waals surface area contributed by atoms with Gasteiger partial charge in [0.1, 0.15) is 0 Å². The summed E-state index contributed by atoms with van der Waals surface area (Å²) < 4.78 is 0. The lowest BCUT2D eigenvalue weighted by Gasteiger charge is -2.45. The van der Waals surface area contributed by atoms with Crippen molar-refractivity contribution in [2.45, 2.75) is 51.4 Å². The van der Waals surface area contributed by atoms with Crippen LogP contribution in [-0.4, -0.2) is 13.1 Å². The highest BCUT2D eigenvalue weighted by atomic mass is 14.9. The highest BCUT2D eigenvalue weighted by Gasteiger charge is 2.38. The van der Waals surface area contributed by atoms with E-state index in [1.54, 1.807) is 0 Å². The van der Waals surface area contributed by atoms with Gasteiger partial charge in [-0.25, -0.2) is 0 Å². The van der Waals surface area contributed by atoms with Gasteiger partial charge in [-0.2, -0.15) is 0 Å². The maximum absolute atomic E-state index is 4.23. The normalized spacial score (nSPS) is 28.9. The highest BCUT2D eigenvalue weighted by Crippen LogP contribution is 2.46. The molecule has 1 nitrogen and oxygen atoms in total. The third-order valence-electron chi connectivity index (χ3n) is 4.57. The molecule has 1 saturated carbocycles. The fourth-order valence-electron chi connectivity index (χ4n) is 3.50. The Hall–Kier alpha value is -0.0400. The first kappa shape index (κ1) is 10.5. The SMILES string of the molecule is [CH2]CC1(C2CCCCC2)CCNCC1. The Labute approximate surface area is 88.7 Å². The monoisotopic (exact) mass is 194 g/mol. The zero-order chi connectivity index (χ0) is 9.86. The van der Waals surface area contributed by atoms with Crippen molar-refractivity contribution in [1.29, 1.82) is 0 Å². The molecule has 1 radical (unpaired) electrons. The molecule has 1 N–H and O–H groups in total. The molecule has 1 aliphatic carbocycles. The van der Waals surface area contributed by atoms with Crippen LogP contribution < -0.4 is 5.32 Å². The predicted octanol–water partition coefficient (Wildman–Crippen LogP) is 3.16. The predicted molar refractivity (Wildman–Crippen MR) is 61.1 cm³/mol. The van der Waals surface area contributed by atoms with Gasteiger partial charge in [0, 0.05) is 0 Å².